The Morgan fingerprint density at radius 3 is 2.32 bits per heavy atom. The van der Waals surface area contributed by atoms with Crippen LogP contribution in [0.1, 0.15) is 42.6 Å². The quantitative estimate of drug-likeness (QED) is 0.597. The van der Waals surface area contributed by atoms with Crippen molar-refractivity contribution in [3.63, 3.8) is 0 Å². The normalized spacial score (nSPS) is 19.6. The predicted octanol–water partition coefficient (Wildman–Crippen LogP) is 5.26. The van der Waals surface area contributed by atoms with Gasteiger partial charge in [-0.25, -0.2) is 12.8 Å². The molecule has 0 bridgehead atoms. The van der Waals surface area contributed by atoms with E-state index in [-0.39, 0.29) is 27.4 Å². The maximum absolute atomic E-state index is 13.2. The second-order valence-corrected chi connectivity index (χ2v) is 11.0. The molecule has 0 atom stereocenters. The van der Waals surface area contributed by atoms with Crippen molar-refractivity contribution in [1.82, 2.24) is 5.32 Å². The first-order valence-corrected chi connectivity index (χ1v) is 11.3. The second-order valence-electron chi connectivity index (χ2n) is 8.10. The van der Waals surface area contributed by atoms with Crippen molar-refractivity contribution in [2.24, 2.45) is 5.92 Å². The SMILES string of the molecule is CC(C)([C@H]1C[C@@H](NC(=O)c2ccc(F)c(Cl)c2)C1)S(=O)(=O)c1cccc(C(F)(F)F)c1. The molecule has 0 spiro atoms. The van der Waals surface area contributed by atoms with Crippen LogP contribution in [0, 0.1) is 11.7 Å². The Hall–Kier alpha value is -2.13. The van der Waals surface area contributed by atoms with Gasteiger partial charge < -0.3 is 5.32 Å². The van der Waals surface area contributed by atoms with E-state index in [1.807, 2.05) is 0 Å². The Morgan fingerprint density at radius 1 is 1.10 bits per heavy atom. The summed E-state index contributed by atoms with van der Waals surface area (Å²) < 4.78 is 77.0. The standard InChI is InChI=1S/C21H20ClF4NO3S/c1-20(2,31(29,30)16-5-3-4-13(11-16)21(24,25)26)14-9-15(10-14)27-19(28)12-6-7-18(23)17(22)8-12/h3-8,11,14-15H,9-10H2,1-2H3,(H,27,28)/t14-,15+. The number of halogens is 5. The smallest absolute Gasteiger partial charge is 0.349 e. The Morgan fingerprint density at radius 2 is 1.74 bits per heavy atom. The zero-order chi connectivity index (χ0) is 23.2. The summed E-state index contributed by atoms with van der Waals surface area (Å²) in [6.45, 7) is 2.95. The molecule has 0 aromatic heterocycles. The number of nitrogens with one attached hydrogen (secondary N) is 1. The number of alkyl halides is 3. The van der Waals surface area contributed by atoms with Crippen LogP contribution in [-0.2, 0) is 16.0 Å². The summed E-state index contributed by atoms with van der Waals surface area (Å²) in [4.78, 5) is 11.9. The van der Waals surface area contributed by atoms with Crippen LogP contribution in [0.2, 0.25) is 5.02 Å². The van der Waals surface area contributed by atoms with Crippen LogP contribution in [0.3, 0.4) is 0 Å². The molecule has 31 heavy (non-hydrogen) atoms. The first kappa shape index (κ1) is 23.5. The molecule has 0 heterocycles. The molecule has 3 rings (SSSR count). The number of carbonyl (C=O) groups is 1. The molecular formula is C21H20ClF4NO3S. The minimum atomic E-state index is -4.65. The Labute approximate surface area is 182 Å². The van der Waals surface area contributed by atoms with Gasteiger partial charge in [-0.15, -0.1) is 0 Å². The highest BCUT2D eigenvalue weighted by Crippen LogP contribution is 2.44. The van der Waals surface area contributed by atoms with E-state index in [2.05, 4.69) is 5.32 Å². The molecule has 4 nitrogen and oxygen atoms in total. The van der Waals surface area contributed by atoms with Crippen molar-refractivity contribution in [2.75, 3.05) is 0 Å². The topological polar surface area (TPSA) is 63.2 Å². The number of rotatable bonds is 5. The first-order valence-electron chi connectivity index (χ1n) is 9.41. The third-order valence-corrected chi connectivity index (χ3v) is 8.69. The van der Waals surface area contributed by atoms with Gasteiger partial charge in [0.15, 0.2) is 9.84 Å². The van der Waals surface area contributed by atoms with Gasteiger partial charge >= 0.3 is 6.18 Å². The van der Waals surface area contributed by atoms with Crippen LogP contribution in [0.4, 0.5) is 17.6 Å². The maximum Gasteiger partial charge on any atom is 0.416 e. The van der Waals surface area contributed by atoms with Gasteiger partial charge in [0.1, 0.15) is 5.82 Å². The molecule has 2 aromatic rings. The molecule has 10 heteroatoms. The number of sulfone groups is 1. The van der Waals surface area contributed by atoms with E-state index in [4.69, 9.17) is 11.6 Å². The molecule has 1 fully saturated rings. The molecule has 2 aromatic carbocycles. The van der Waals surface area contributed by atoms with Gasteiger partial charge in [-0.05, 0) is 69.0 Å². The van der Waals surface area contributed by atoms with Crippen LogP contribution in [0.25, 0.3) is 0 Å². The fourth-order valence-electron chi connectivity index (χ4n) is 3.57. The third kappa shape index (κ3) is 4.57. The lowest BCUT2D eigenvalue weighted by Crippen LogP contribution is -2.53. The van der Waals surface area contributed by atoms with E-state index in [1.54, 1.807) is 0 Å². The van der Waals surface area contributed by atoms with E-state index >= 15 is 0 Å². The van der Waals surface area contributed by atoms with Gasteiger partial charge in [-0.2, -0.15) is 13.2 Å². The Balaban J connectivity index is 1.70. The highest BCUT2D eigenvalue weighted by molar-refractivity contribution is 7.92. The van der Waals surface area contributed by atoms with Gasteiger partial charge in [0.2, 0.25) is 0 Å². The number of amides is 1. The van der Waals surface area contributed by atoms with Crippen molar-refractivity contribution in [1.29, 1.82) is 0 Å². The molecular weight excluding hydrogens is 458 g/mol. The molecule has 0 aliphatic heterocycles. The number of benzene rings is 2. The van der Waals surface area contributed by atoms with Crippen molar-refractivity contribution in [3.05, 3.63) is 64.4 Å². The lowest BCUT2D eigenvalue weighted by molar-refractivity contribution is -0.137. The Bertz CT molecular complexity index is 1110. The molecule has 1 N–H and O–H groups in total. The van der Waals surface area contributed by atoms with E-state index in [1.165, 1.54) is 26.0 Å². The van der Waals surface area contributed by atoms with Crippen LogP contribution in [0.5, 0.6) is 0 Å². The fourth-order valence-corrected chi connectivity index (χ4v) is 5.53. The summed E-state index contributed by atoms with van der Waals surface area (Å²) in [5.74, 6) is -1.48. The Kier molecular flexibility index (Phi) is 6.14. The third-order valence-electron chi connectivity index (χ3n) is 5.80. The average molecular weight is 478 g/mol. The fraction of sp³-hybridized carbons (Fsp3) is 0.381. The molecule has 1 aliphatic carbocycles. The summed E-state index contributed by atoms with van der Waals surface area (Å²) in [6, 6.07) is 6.95. The first-order chi connectivity index (χ1) is 14.2. The van der Waals surface area contributed by atoms with Gasteiger partial charge in [0, 0.05) is 11.6 Å². The highest BCUT2D eigenvalue weighted by atomic mass is 35.5. The van der Waals surface area contributed by atoms with Crippen LogP contribution < -0.4 is 5.32 Å². The monoisotopic (exact) mass is 477 g/mol. The van der Waals surface area contributed by atoms with Crippen LogP contribution in [-0.4, -0.2) is 25.1 Å². The van der Waals surface area contributed by atoms with Gasteiger partial charge in [-0.1, -0.05) is 17.7 Å². The summed E-state index contributed by atoms with van der Waals surface area (Å²) in [5.41, 5.74) is -0.855. The predicted molar refractivity (Wildman–Crippen MR) is 108 cm³/mol. The summed E-state index contributed by atoms with van der Waals surface area (Å²) in [7, 11) is -4.07. The molecule has 0 saturated heterocycles. The zero-order valence-electron chi connectivity index (χ0n) is 16.6. The maximum atomic E-state index is 13.2. The summed E-state index contributed by atoms with van der Waals surface area (Å²) >= 11 is 5.68. The van der Waals surface area contributed by atoms with Gasteiger partial charge in [0.25, 0.3) is 5.91 Å². The van der Waals surface area contributed by atoms with Gasteiger partial charge in [0.05, 0.1) is 20.2 Å². The molecule has 0 unspecified atom stereocenters. The van der Waals surface area contributed by atoms with Crippen molar-refractivity contribution in [3.8, 4) is 0 Å². The lowest BCUT2D eigenvalue weighted by Gasteiger charge is -2.45. The molecule has 168 valence electrons. The van der Waals surface area contributed by atoms with Gasteiger partial charge in [-0.3, -0.25) is 4.79 Å². The summed E-state index contributed by atoms with van der Waals surface area (Å²) in [6.07, 6.45) is -3.97. The number of hydrogen-bond acceptors (Lipinski definition) is 3. The van der Waals surface area contributed by atoms with Crippen molar-refractivity contribution in [2.45, 2.75) is 48.5 Å². The molecule has 1 saturated carbocycles. The highest BCUT2D eigenvalue weighted by Gasteiger charge is 2.49. The zero-order valence-corrected chi connectivity index (χ0v) is 18.2. The van der Waals surface area contributed by atoms with E-state index in [0.29, 0.717) is 18.9 Å². The van der Waals surface area contributed by atoms with Crippen molar-refractivity contribution >= 4 is 27.3 Å². The minimum Gasteiger partial charge on any atom is -0.349 e. The molecule has 1 amide bonds. The van der Waals surface area contributed by atoms with Crippen molar-refractivity contribution < 1.29 is 30.8 Å². The van der Waals surface area contributed by atoms with E-state index in [0.717, 1.165) is 24.3 Å². The number of carbonyl (C=O) groups excluding carboxylic acids is 1. The van der Waals surface area contributed by atoms with Crippen LogP contribution >= 0.6 is 11.6 Å². The lowest BCUT2D eigenvalue weighted by atomic mass is 9.73. The molecule has 0 radical (unpaired) electrons. The summed E-state index contributed by atoms with van der Waals surface area (Å²) in [5, 5.41) is 2.55. The van der Waals surface area contributed by atoms with E-state index in [9.17, 15) is 30.8 Å². The van der Waals surface area contributed by atoms with Crippen LogP contribution in [0.15, 0.2) is 47.4 Å². The number of hydrogen-bond donors (Lipinski definition) is 1. The average Bonchev–Trinajstić information content (AvgIpc) is 2.65. The van der Waals surface area contributed by atoms with E-state index < -0.39 is 38.0 Å². The second kappa shape index (κ2) is 8.09. The largest absolute Gasteiger partial charge is 0.416 e. The molecule has 1 aliphatic rings. The minimum absolute atomic E-state index is 0.172.